The van der Waals surface area contributed by atoms with Crippen LogP contribution in [-0.2, 0) is 16.4 Å². The molecule has 0 aromatic heterocycles. The van der Waals surface area contributed by atoms with E-state index in [-0.39, 0.29) is 4.90 Å². The molecule has 0 amide bonds. The van der Waals surface area contributed by atoms with E-state index < -0.39 is 10.0 Å². The first-order valence-corrected chi connectivity index (χ1v) is 8.53. The zero-order chi connectivity index (χ0) is 15.7. The van der Waals surface area contributed by atoms with Crippen LogP contribution in [-0.4, -0.2) is 22.1 Å². The summed E-state index contributed by atoms with van der Waals surface area (Å²) in [5.41, 5.74) is 8.19. The molecule has 0 fully saturated rings. The monoisotopic (exact) mass is 318 g/mol. The number of nitrogens with zero attached hydrogens (tertiary/aromatic N) is 1. The maximum Gasteiger partial charge on any atom is 0.268 e. The van der Waals surface area contributed by atoms with Gasteiger partial charge in [0.15, 0.2) is 0 Å². The summed E-state index contributed by atoms with van der Waals surface area (Å²) in [6.45, 7) is 0.441. The van der Waals surface area contributed by atoms with Crippen molar-refractivity contribution in [3.05, 3.63) is 48.0 Å². The Morgan fingerprint density at radius 2 is 1.91 bits per heavy atom. The average Bonchev–Trinajstić information content (AvgIpc) is 2.54. The van der Waals surface area contributed by atoms with Gasteiger partial charge in [-0.3, -0.25) is 4.31 Å². The summed E-state index contributed by atoms with van der Waals surface area (Å²) in [5.74, 6) is 0.346. The van der Waals surface area contributed by atoms with Gasteiger partial charge in [0.2, 0.25) is 0 Å². The maximum atomic E-state index is 13.0. The summed E-state index contributed by atoms with van der Waals surface area (Å²) in [6.07, 6.45) is 1.54. The van der Waals surface area contributed by atoms with E-state index in [2.05, 4.69) is 0 Å². The Labute approximate surface area is 130 Å². The number of rotatable bonds is 3. The molecule has 6 heteroatoms. The van der Waals surface area contributed by atoms with Crippen molar-refractivity contribution in [1.82, 2.24) is 0 Å². The Bertz CT molecular complexity index is 803. The second-order valence-electron chi connectivity index (χ2n) is 5.18. The van der Waals surface area contributed by atoms with Gasteiger partial charge in [0.1, 0.15) is 10.6 Å². The molecular formula is C16H18N2O3S. The average molecular weight is 318 g/mol. The van der Waals surface area contributed by atoms with Crippen LogP contribution >= 0.6 is 0 Å². The molecule has 2 aromatic rings. The largest absolute Gasteiger partial charge is 0.495 e. The Balaban J connectivity index is 2.14. The van der Waals surface area contributed by atoms with Crippen molar-refractivity contribution in [2.45, 2.75) is 17.7 Å². The zero-order valence-electron chi connectivity index (χ0n) is 12.3. The third-order valence-electron chi connectivity index (χ3n) is 3.88. The number of para-hydroxylation sites is 1. The van der Waals surface area contributed by atoms with E-state index in [9.17, 15) is 8.42 Å². The van der Waals surface area contributed by atoms with Crippen LogP contribution in [0.15, 0.2) is 47.4 Å². The summed E-state index contributed by atoms with van der Waals surface area (Å²) in [5, 5.41) is 0. The van der Waals surface area contributed by atoms with Gasteiger partial charge >= 0.3 is 0 Å². The topological polar surface area (TPSA) is 72.6 Å². The first-order valence-electron chi connectivity index (χ1n) is 7.09. The molecule has 2 N–H and O–H groups in total. The molecule has 3 rings (SSSR count). The number of hydrogen-bond donors (Lipinski definition) is 1. The molecule has 0 saturated carbocycles. The minimum Gasteiger partial charge on any atom is -0.495 e. The first kappa shape index (κ1) is 14.7. The molecular weight excluding hydrogens is 300 g/mol. The highest BCUT2D eigenvalue weighted by Gasteiger charge is 2.31. The minimum absolute atomic E-state index is 0.174. The highest BCUT2D eigenvalue weighted by Crippen LogP contribution is 2.36. The van der Waals surface area contributed by atoms with Gasteiger partial charge in [0.05, 0.1) is 12.8 Å². The standard InChI is InChI=1S/C16H18N2O3S/c1-21-15-9-2-3-10-16(15)22(19,20)18-11-5-6-12-13(17)7-4-8-14(12)18/h2-4,7-10H,5-6,11,17H2,1H3. The molecule has 22 heavy (non-hydrogen) atoms. The van der Waals surface area contributed by atoms with Crippen molar-refractivity contribution >= 4 is 21.4 Å². The van der Waals surface area contributed by atoms with Gasteiger partial charge in [0, 0.05) is 12.2 Å². The van der Waals surface area contributed by atoms with Gasteiger partial charge in [-0.2, -0.15) is 0 Å². The molecule has 0 saturated heterocycles. The van der Waals surface area contributed by atoms with E-state index in [0.29, 0.717) is 23.7 Å². The molecule has 0 radical (unpaired) electrons. The molecule has 1 aliphatic rings. The number of fused-ring (bicyclic) bond motifs is 1. The molecule has 0 spiro atoms. The van der Waals surface area contributed by atoms with E-state index in [1.807, 2.05) is 0 Å². The van der Waals surface area contributed by atoms with Crippen molar-refractivity contribution in [3.63, 3.8) is 0 Å². The van der Waals surface area contributed by atoms with Crippen LogP contribution in [0.2, 0.25) is 0 Å². The van der Waals surface area contributed by atoms with E-state index in [1.54, 1.807) is 42.5 Å². The van der Waals surface area contributed by atoms with Crippen molar-refractivity contribution in [2.75, 3.05) is 23.7 Å². The summed E-state index contributed by atoms with van der Waals surface area (Å²) < 4.78 is 32.7. The Morgan fingerprint density at radius 1 is 1.14 bits per heavy atom. The maximum absolute atomic E-state index is 13.0. The number of methoxy groups -OCH3 is 1. The van der Waals surface area contributed by atoms with Gasteiger partial charge in [-0.1, -0.05) is 18.2 Å². The number of hydrogen-bond acceptors (Lipinski definition) is 4. The van der Waals surface area contributed by atoms with Crippen molar-refractivity contribution in [2.24, 2.45) is 0 Å². The van der Waals surface area contributed by atoms with Gasteiger partial charge in [0.25, 0.3) is 10.0 Å². The van der Waals surface area contributed by atoms with Crippen LogP contribution in [0, 0.1) is 0 Å². The molecule has 1 heterocycles. The van der Waals surface area contributed by atoms with Crippen LogP contribution in [0.5, 0.6) is 5.75 Å². The van der Waals surface area contributed by atoms with Crippen LogP contribution < -0.4 is 14.8 Å². The van der Waals surface area contributed by atoms with Crippen LogP contribution in [0.25, 0.3) is 0 Å². The molecule has 0 unspecified atom stereocenters. The Kier molecular flexibility index (Phi) is 3.70. The van der Waals surface area contributed by atoms with E-state index in [1.165, 1.54) is 11.4 Å². The summed E-state index contributed by atoms with van der Waals surface area (Å²) in [7, 11) is -2.21. The third kappa shape index (κ3) is 2.29. The van der Waals surface area contributed by atoms with Gasteiger partial charge in [-0.05, 0) is 42.7 Å². The van der Waals surface area contributed by atoms with Gasteiger partial charge in [-0.15, -0.1) is 0 Å². The number of benzene rings is 2. The molecule has 0 bridgehead atoms. The molecule has 0 atom stereocenters. The van der Waals surface area contributed by atoms with Crippen LogP contribution in [0.3, 0.4) is 0 Å². The molecule has 1 aliphatic heterocycles. The van der Waals surface area contributed by atoms with Crippen LogP contribution in [0.1, 0.15) is 12.0 Å². The molecule has 5 nitrogen and oxygen atoms in total. The Hall–Kier alpha value is -2.21. The summed E-state index contributed by atoms with van der Waals surface area (Å²) in [6, 6.07) is 12.0. The SMILES string of the molecule is COc1ccccc1S(=O)(=O)N1CCCc2c(N)cccc21. The molecule has 2 aromatic carbocycles. The number of anilines is 2. The lowest BCUT2D eigenvalue weighted by atomic mass is 10.0. The van der Waals surface area contributed by atoms with Gasteiger partial charge in [-0.25, -0.2) is 8.42 Å². The molecule has 0 aliphatic carbocycles. The minimum atomic E-state index is -3.68. The highest BCUT2D eigenvalue weighted by atomic mass is 32.2. The predicted octanol–water partition coefficient (Wildman–Crippen LogP) is 2.42. The van der Waals surface area contributed by atoms with Crippen molar-refractivity contribution < 1.29 is 13.2 Å². The quantitative estimate of drug-likeness (QED) is 0.882. The lowest BCUT2D eigenvalue weighted by molar-refractivity contribution is 0.402. The summed E-state index contributed by atoms with van der Waals surface area (Å²) in [4.78, 5) is 0.174. The predicted molar refractivity (Wildman–Crippen MR) is 86.7 cm³/mol. The normalized spacial score (nSPS) is 14.5. The number of nitrogen functional groups attached to an aromatic ring is 1. The van der Waals surface area contributed by atoms with E-state index >= 15 is 0 Å². The first-order chi connectivity index (χ1) is 10.6. The fourth-order valence-electron chi connectivity index (χ4n) is 2.82. The number of ether oxygens (including phenoxy) is 1. The summed E-state index contributed by atoms with van der Waals surface area (Å²) >= 11 is 0. The highest BCUT2D eigenvalue weighted by molar-refractivity contribution is 7.93. The lowest BCUT2D eigenvalue weighted by Crippen LogP contribution is -2.35. The second kappa shape index (κ2) is 5.53. The smallest absolute Gasteiger partial charge is 0.268 e. The van der Waals surface area contributed by atoms with Crippen molar-refractivity contribution in [1.29, 1.82) is 0 Å². The third-order valence-corrected chi connectivity index (χ3v) is 5.73. The van der Waals surface area contributed by atoms with E-state index in [4.69, 9.17) is 10.5 Å². The van der Waals surface area contributed by atoms with Crippen molar-refractivity contribution in [3.8, 4) is 5.75 Å². The zero-order valence-corrected chi connectivity index (χ0v) is 13.1. The second-order valence-corrected chi connectivity index (χ2v) is 7.01. The molecule has 116 valence electrons. The van der Waals surface area contributed by atoms with E-state index in [0.717, 1.165) is 18.4 Å². The Morgan fingerprint density at radius 3 is 2.68 bits per heavy atom. The fraction of sp³-hybridized carbons (Fsp3) is 0.250. The van der Waals surface area contributed by atoms with Crippen LogP contribution in [0.4, 0.5) is 11.4 Å². The number of sulfonamides is 1. The fourth-order valence-corrected chi connectivity index (χ4v) is 4.51. The number of nitrogens with two attached hydrogens (primary N) is 1. The lowest BCUT2D eigenvalue weighted by Gasteiger charge is -2.31. The van der Waals surface area contributed by atoms with Gasteiger partial charge < -0.3 is 10.5 Å².